The molecule has 1 aromatic heterocycles. The summed E-state index contributed by atoms with van der Waals surface area (Å²) >= 11 is 0. The summed E-state index contributed by atoms with van der Waals surface area (Å²) in [7, 11) is 0. The first-order valence-electron chi connectivity index (χ1n) is 10.2. The highest BCUT2D eigenvalue weighted by molar-refractivity contribution is 5.80. The van der Waals surface area contributed by atoms with Crippen molar-refractivity contribution in [3.05, 3.63) is 89.7 Å². The second-order valence-corrected chi connectivity index (χ2v) is 8.87. The zero-order valence-electron chi connectivity index (χ0n) is 18.1. The number of nitrogens with zero attached hydrogens (tertiary/aromatic N) is 2. The third kappa shape index (κ3) is 4.34. The highest BCUT2D eigenvalue weighted by atomic mass is 19.4. The summed E-state index contributed by atoms with van der Waals surface area (Å²) in [5.74, 6) is 0. The van der Waals surface area contributed by atoms with Crippen LogP contribution >= 0.6 is 0 Å². The van der Waals surface area contributed by atoms with Gasteiger partial charge >= 0.3 is 12.4 Å². The molecule has 0 amide bonds. The number of hydrogen-bond donors (Lipinski definition) is 0. The van der Waals surface area contributed by atoms with Crippen LogP contribution in [0.1, 0.15) is 37.5 Å². The van der Waals surface area contributed by atoms with Crippen molar-refractivity contribution in [2.24, 2.45) is 0 Å². The van der Waals surface area contributed by atoms with Gasteiger partial charge in [-0.1, -0.05) is 51.1 Å². The lowest BCUT2D eigenvalue weighted by atomic mass is 9.87. The van der Waals surface area contributed by atoms with Crippen molar-refractivity contribution < 1.29 is 30.9 Å². The fraction of sp³-hybridized carbons (Fsp3) is 0.240. The SMILES string of the molecule is CC(C)(C)c1ccc(-n2c[n+](-c3ccccc3)c3c(C(F)(F)F)cc(C(F)(F)F)cc32)cc1. The normalized spacial score (nSPS) is 13.0. The molecule has 1 heterocycles. The van der Waals surface area contributed by atoms with Crippen LogP contribution in [0.2, 0.25) is 0 Å². The number of benzene rings is 3. The first kappa shape index (κ1) is 22.9. The number of rotatable bonds is 2. The van der Waals surface area contributed by atoms with Gasteiger partial charge in [-0.25, -0.2) is 0 Å². The number of fused-ring (bicyclic) bond motifs is 1. The average Bonchev–Trinajstić information content (AvgIpc) is 3.11. The maximum atomic E-state index is 14.0. The molecule has 0 bridgehead atoms. The summed E-state index contributed by atoms with van der Waals surface area (Å²) < 4.78 is 85.2. The first-order valence-corrected chi connectivity index (χ1v) is 10.2. The summed E-state index contributed by atoms with van der Waals surface area (Å²) in [4.78, 5) is 0. The molecule has 0 atom stereocenters. The number of para-hydroxylation sites is 1. The van der Waals surface area contributed by atoms with Crippen LogP contribution in [0.15, 0.2) is 73.1 Å². The van der Waals surface area contributed by atoms with Crippen LogP contribution in [0.4, 0.5) is 26.3 Å². The van der Waals surface area contributed by atoms with Gasteiger partial charge in [0, 0.05) is 6.07 Å². The maximum absolute atomic E-state index is 14.0. The summed E-state index contributed by atoms with van der Waals surface area (Å²) in [6.45, 7) is 6.05. The summed E-state index contributed by atoms with van der Waals surface area (Å²) in [6, 6.07) is 16.2. The molecule has 0 saturated carbocycles. The van der Waals surface area contributed by atoms with E-state index in [4.69, 9.17) is 0 Å². The molecule has 0 N–H and O–H groups in total. The largest absolute Gasteiger partial charge is 0.420 e. The Balaban J connectivity index is 2.09. The lowest BCUT2D eigenvalue weighted by Crippen LogP contribution is -2.31. The van der Waals surface area contributed by atoms with Gasteiger partial charge < -0.3 is 0 Å². The molecule has 0 fully saturated rings. The monoisotopic (exact) mass is 463 g/mol. The molecule has 0 unspecified atom stereocenters. The van der Waals surface area contributed by atoms with E-state index < -0.39 is 23.5 Å². The van der Waals surface area contributed by atoms with Gasteiger partial charge in [-0.05, 0) is 41.3 Å². The number of halogens is 6. The van der Waals surface area contributed by atoms with E-state index in [0.29, 0.717) is 11.4 Å². The minimum atomic E-state index is -4.99. The second kappa shape index (κ2) is 7.64. The number of aromatic nitrogens is 2. The number of hydrogen-bond acceptors (Lipinski definition) is 0. The van der Waals surface area contributed by atoms with Crippen LogP contribution in [0, 0.1) is 0 Å². The van der Waals surface area contributed by atoms with Crippen LogP contribution in [0.5, 0.6) is 0 Å². The standard InChI is InChI=1S/C25H21F6N2/c1-23(2,3)16-9-11-19(12-10-16)32-15-33(18-7-5-4-6-8-18)22-20(25(29,30)31)13-17(14-21(22)32)24(26,27)28/h4-15H,1-3H3/q+1. The molecule has 8 heteroatoms. The Morgan fingerprint density at radius 2 is 1.30 bits per heavy atom. The van der Waals surface area contributed by atoms with E-state index in [2.05, 4.69) is 0 Å². The van der Waals surface area contributed by atoms with Crippen molar-refractivity contribution in [3.8, 4) is 11.4 Å². The van der Waals surface area contributed by atoms with E-state index in [0.717, 1.165) is 11.6 Å². The third-order valence-corrected chi connectivity index (χ3v) is 5.50. The van der Waals surface area contributed by atoms with E-state index in [-0.39, 0.29) is 22.5 Å². The summed E-state index contributed by atoms with van der Waals surface area (Å²) in [6.07, 6.45) is -8.53. The topological polar surface area (TPSA) is 8.81 Å². The Kier molecular flexibility index (Phi) is 5.30. The Morgan fingerprint density at radius 3 is 1.82 bits per heavy atom. The van der Waals surface area contributed by atoms with E-state index >= 15 is 0 Å². The van der Waals surface area contributed by atoms with Crippen molar-refractivity contribution >= 4 is 11.0 Å². The van der Waals surface area contributed by atoms with Crippen LogP contribution < -0.4 is 4.57 Å². The third-order valence-electron chi connectivity index (χ3n) is 5.50. The van der Waals surface area contributed by atoms with E-state index in [1.165, 1.54) is 15.5 Å². The van der Waals surface area contributed by atoms with E-state index in [1.54, 1.807) is 42.5 Å². The molecule has 172 valence electrons. The highest BCUT2D eigenvalue weighted by Gasteiger charge is 2.42. The lowest BCUT2D eigenvalue weighted by molar-refractivity contribution is -0.568. The first-order chi connectivity index (χ1) is 15.3. The molecule has 0 aliphatic rings. The van der Waals surface area contributed by atoms with Crippen molar-refractivity contribution in [2.45, 2.75) is 38.5 Å². The van der Waals surface area contributed by atoms with E-state index in [9.17, 15) is 26.3 Å². The van der Waals surface area contributed by atoms with Gasteiger partial charge in [0.25, 0.3) is 6.33 Å². The Labute approximate surface area is 186 Å². The molecule has 0 aliphatic carbocycles. The molecule has 0 saturated heterocycles. The van der Waals surface area contributed by atoms with Gasteiger partial charge in [0.15, 0.2) is 11.0 Å². The molecule has 0 radical (unpaired) electrons. The fourth-order valence-corrected chi connectivity index (χ4v) is 3.78. The van der Waals surface area contributed by atoms with Crippen molar-refractivity contribution in [2.75, 3.05) is 0 Å². The minimum Gasteiger partial charge on any atom is -0.195 e. The molecule has 4 rings (SSSR count). The summed E-state index contributed by atoms with van der Waals surface area (Å²) in [5.41, 5.74) is -1.55. The van der Waals surface area contributed by atoms with Crippen molar-refractivity contribution in [1.29, 1.82) is 0 Å². The van der Waals surface area contributed by atoms with Crippen LogP contribution in [-0.4, -0.2) is 4.57 Å². The maximum Gasteiger partial charge on any atom is 0.420 e. The minimum absolute atomic E-state index is 0.159. The van der Waals surface area contributed by atoms with Gasteiger partial charge in [0.1, 0.15) is 16.9 Å². The van der Waals surface area contributed by atoms with Crippen molar-refractivity contribution in [1.82, 2.24) is 4.57 Å². The molecule has 33 heavy (non-hydrogen) atoms. The molecule has 0 spiro atoms. The number of alkyl halides is 6. The average molecular weight is 463 g/mol. The molecule has 2 nitrogen and oxygen atoms in total. The lowest BCUT2D eigenvalue weighted by Gasteiger charge is -2.18. The Bertz CT molecular complexity index is 1290. The smallest absolute Gasteiger partial charge is 0.195 e. The molecule has 3 aromatic carbocycles. The molecular weight excluding hydrogens is 442 g/mol. The van der Waals surface area contributed by atoms with Crippen LogP contribution in [0.3, 0.4) is 0 Å². The predicted octanol–water partition coefficient (Wildman–Crippen LogP) is 7.24. The van der Waals surface area contributed by atoms with Gasteiger partial charge in [0.2, 0.25) is 0 Å². The fourth-order valence-electron chi connectivity index (χ4n) is 3.78. The van der Waals surface area contributed by atoms with Gasteiger partial charge in [-0.15, -0.1) is 0 Å². The van der Waals surface area contributed by atoms with E-state index in [1.807, 2.05) is 32.9 Å². The molecule has 0 aliphatic heterocycles. The quantitative estimate of drug-likeness (QED) is 0.219. The summed E-state index contributed by atoms with van der Waals surface area (Å²) in [5, 5.41) is 0. The molecule has 4 aromatic rings. The molecular formula is C25H21F6N2+. The zero-order chi connectivity index (χ0) is 24.2. The number of imidazole rings is 1. The Hall–Kier alpha value is -3.29. The highest BCUT2D eigenvalue weighted by Crippen LogP contribution is 2.40. The van der Waals surface area contributed by atoms with Gasteiger partial charge in [-0.2, -0.15) is 35.5 Å². The van der Waals surface area contributed by atoms with Crippen LogP contribution in [-0.2, 0) is 17.8 Å². The van der Waals surface area contributed by atoms with Gasteiger partial charge in [0.05, 0.1) is 5.56 Å². The Morgan fingerprint density at radius 1 is 0.697 bits per heavy atom. The second-order valence-electron chi connectivity index (χ2n) is 8.87. The van der Waals surface area contributed by atoms with Crippen LogP contribution in [0.25, 0.3) is 22.4 Å². The van der Waals surface area contributed by atoms with Crippen molar-refractivity contribution in [3.63, 3.8) is 0 Å². The predicted molar refractivity (Wildman–Crippen MR) is 114 cm³/mol. The van der Waals surface area contributed by atoms with Gasteiger partial charge in [-0.3, -0.25) is 0 Å². The zero-order valence-corrected chi connectivity index (χ0v) is 18.1.